The summed E-state index contributed by atoms with van der Waals surface area (Å²) in [5, 5.41) is 14.1. The highest BCUT2D eigenvalue weighted by molar-refractivity contribution is 5.39. The van der Waals surface area contributed by atoms with E-state index in [0.717, 1.165) is 31.5 Å². The molecule has 2 rings (SSSR count). The third-order valence-corrected chi connectivity index (χ3v) is 3.16. The molecule has 5 heteroatoms. The third-order valence-electron chi connectivity index (χ3n) is 3.16. The van der Waals surface area contributed by atoms with Crippen LogP contribution in [-0.2, 0) is 11.2 Å². The number of hydrogen-bond acceptors (Lipinski definition) is 4. The Morgan fingerprint density at radius 1 is 1.44 bits per heavy atom. The molecule has 0 bridgehead atoms. The zero-order chi connectivity index (χ0) is 12.8. The van der Waals surface area contributed by atoms with Gasteiger partial charge in [0.25, 0.3) is 5.69 Å². The Morgan fingerprint density at radius 3 is 3.00 bits per heavy atom. The fourth-order valence-corrected chi connectivity index (χ4v) is 2.20. The van der Waals surface area contributed by atoms with Gasteiger partial charge in [0, 0.05) is 24.6 Å². The van der Waals surface area contributed by atoms with Gasteiger partial charge < -0.3 is 10.1 Å². The van der Waals surface area contributed by atoms with E-state index in [9.17, 15) is 10.1 Å². The topological polar surface area (TPSA) is 64.4 Å². The summed E-state index contributed by atoms with van der Waals surface area (Å²) in [6, 6.07) is 6.84. The van der Waals surface area contributed by atoms with Crippen LogP contribution in [0.3, 0.4) is 0 Å². The van der Waals surface area contributed by atoms with Crippen molar-refractivity contribution >= 4 is 5.69 Å². The molecule has 18 heavy (non-hydrogen) atoms. The van der Waals surface area contributed by atoms with Crippen molar-refractivity contribution in [1.29, 1.82) is 0 Å². The molecule has 1 aliphatic heterocycles. The lowest BCUT2D eigenvalue weighted by molar-refractivity contribution is -0.385. The smallest absolute Gasteiger partial charge is 0.272 e. The molecule has 1 atom stereocenters. The van der Waals surface area contributed by atoms with Crippen LogP contribution in [0.2, 0.25) is 0 Å². The molecule has 1 aromatic rings. The number of nitro benzene ring substituents is 1. The molecule has 98 valence electrons. The van der Waals surface area contributed by atoms with Crippen LogP contribution in [0.5, 0.6) is 0 Å². The Morgan fingerprint density at radius 2 is 2.28 bits per heavy atom. The molecule has 1 fully saturated rings. The lowest BCUT2D eigenvalue weighted by Gasteiger charge is -2.22. The minimum atomic E-state index is -0.336. The summed E-state index contributed by atoms with van der Waals surface area (Å²) in [7, 11) is 0. The normalized spacial score (nSPS) is 19.7. The van der Waals surface area contributed by atoms with E-state index in [1.165, 1.54) is 6.07 Å². The van der Waals surface area contributed by atoms with Gasteiger partial charge in [-0.3, -0.25) is 10.1 Å². The quantitative estimate of drug-likeness (QED) is 0.640. The number of hydrogen-bond donors (Lipinski definition) is 1. The Hall–Kier alpha value is -1.46. The molecule has 1 aromatic carbocycles. The molecular weight excluding hydrogens is 232 g/mol. The first-order valence-electron chi connectivity index (χ1n) is 6.32. The Kier molecular flexibility index (Phi) is 4.66. The highest BCUT2D eigenvalue weighted by Crippen LogP contribution is 2.18. The number of nitrogens with zero attached hydrogens (tertiary/aromatic N) is 1. The molecule has 0 saturated carbocycles. The minimum absolute atomic E-state index is 0.183. The van der Waals surface area contributed by atoms with E-state index < -0.39 is 0 Å². The molecule has 0 amide bonds. The van der Waals surface area contributed by atoms with Crippen molar-refractivity contribution in [2.24, 2.45) is 0 Å². The fourth-order valence-electron chi connectivity index (χ4n) is 2.20. The van der Waals surface area contributed by atoms with Gasteiger partial charge in [0.1, 0.15) is 0 Å². The minimum Gasteiger partial charge on any atom is -0.377 e. The fraction of sp³-hybridized carbons (Fsp3) is 0.538. The van der Waals surface area contributed by atoms with Crippen molar-refractivity contribution in [3.63, 3.8) is 0 Å². The summed E-state index contributed by atoms with van der Waals surface area (Å²) in [5.41, 5.74) is 0.925. The molecule has 0 aromatic heterocycles. The zero-order valence-electron chi connectivity index (χ0n) is 10.3. The first-order chi connectivity index (χ1) is 8.77. The maximum atomic E-state index is 10.8. The number of rotatable bonds is 5. The van der Waals surface area contributed by atoms with E-state index in [2.05, 4.69) is 5.32 Å². The van der Waals surface area contributed by atoms with Crippen LogP contribution in [0.15, 0.2) is 24.3 Å². The van der Waals surface area contributed by atoms with Crippen molar-refractivity contribution < 1.29 is 9.66 Å². The van der Waals surface area contributed by atoms with Crippen LogP contribution in [-0.4, -0.2) is 30.7 Å². The van der Waals surface area contributed by atoms with Crippen molar-refractivity contribution in [2.45, 2.75) is 25.4 Å². The maximum absolute atomic E-state index is 10.8. The van der Waals surface area contributed by atoms with Crippen LogP contribution in [0.4, 0.5) is 5.69 Å². The molecule has 0 spiro atoms. The van der Waals surface area contributed by atoms with E-state index >= 15 is 0 Å². The van der Waals surface area contributed by atoms with Gasteiger partial charge in [0.05, 0.1) is 17.6 Å². The van der Waals surface area contributed by atoms with Crippen LogP contribution in [0, 0.1) is 10.1 Å². The van der Waals surface area contributed by atoms with Crippen molar-refractivity contribution in [3.8, 4) is 0 Å². The average molecular weight is 250 g/mol. The van der Waals surface area contributed by atoms with Crippen LogP contribution >= 0.6 is 0 Å². The summed E-state index contributed by atoms with van der Waals surface area (Å²) in [5.74, 6) is 0. The summed E-state index contributed by atoms with van der Waals surface area (Å²) in [6.07, 6.45) is 3.05. The van der Waals surface area contributed by atoms with Gasteiger partial charge in [0.15, 0.2) is 0 Å². The maximum Gasteiger partial charge on any atom is 0.272 e. The lowest BCUT2D eigenvalue weighted by Crippen LogP contribution is -2.35. The van der Waals surface area contributed by atoms with Gasteiger partial charge in [-0.05, 0) is 19.4 Å². The number of ether oxygens (including phenoxy) is 1. The number of para-hydroxylation sites is 1. The predicted octanol–water partition coefficient (Wildman–Crippen LogP) is 1.91. The molecule has 1 heterocycles. The first-order valence-corrected chi connectivity index (χ1v) is 6.32. The Balaban J connectivity index is 1.84. The second-order valence-electron chi connectivity index (χ2n) is 4.47. The lowest BCUT2D eigenvalue weighted by atomic mass is 10.1. The second kappa shape index (κ2) is 6.47. The van der Waals surface area contributed by atoms with E-state index in [1.54, 1.807) is 12.1 Å². The van der Waals surface area contributed by atoms with Gasteiger partial charge >= 0.3 is 0 Å². The molecule has 5 nitrogen and oxygen atoms in total. The van der Waals surface area contributed by atoms with Crippen LogP contribution in [0.1, 0.15) is 18.4 Å². The van der Waals surface area contributed by atoms with E-state index in [-0.39, 0.29) is 16.7 Å². The Bertz CT molecular complexity index is 403. The van der Waals surface area contributed by atoms with Crippen LogP contribution < -0.4 is 5.32 Å². The van der Waals surface area contributed by atoms with E-state index in [0.29, 0.717) is 13.0 Å². The van der Waals surface area contributed by atoms with Crippen molar-refractivity contribution in [1.82, 2.24) is 5.32 Å². The molecule has 0 unspecified atom stereocenters. The zero-order valence-corrected chi connectivity index (χ0v) is 10.3. The van der Waals surface area contributed by atoms with Gasteiger partial charge in [-0.15, -0.1) is 0 Å². The van der Waals surface area contributed by atoms with Crippen LogP contribution in [0.25, 0.3) is 0 Å². The third kappa shape index (κ3) is 3.51. The first kappa shape index (κ1) is 13.0. The largest absolute Gasteiger partial charge is 0.377 e. The van der Waals surface area contributed by atoms with E-state index in [4.69, 9.17) is 4.74 Å². The molecule has 0 aliphatic carbocycles. The number of nitrogens with one attached hydrogen (secondary N) is 1. The molecule has 1 N–H and O–H groups in total. The summed E-state index contributed by atoms with van der Waals surface area (Å²) < 4.78 is 5.74. The number of benzene rings is 1. The second-order valence-corrected chi connectivity index (χ2v) is 4.47. The molecule has 1 aliphatic rings. The molecular formula is C13H18N2O3. The molecule has 1 saturated heterocycles. The molecule has 0 radical (unpaired) electrons. The van der Waals surface area contributed by atoms with Crippen molar-refractivity contribution in [3.05, 3.63) is 39.9 Å². The highest BCUT2D eigenvalue weighted by Gasteiger charge is 2.15. The average Bonchev–Trinajstić information content (AvgIpc) is 2.40. The predicted molar refractivity (Wildman–Crippen MR) is 68.6 cm³/mol. The Labute approximate surface area is 106 Å². The monoisotopic (exact) mass is 250 g/mol. The highest BCUT2D eigenvalue weighted by atomic mass is 16.6. The van der Waals surface area contributed by atoms with Gasteiger partial charge in [-0.1, -0.05) is 18.2 Å². The number of nitro groups is 1. The summed E-state index contributed by atoms with van der Waals surface area (Å²) >= 11 is 0. The van der Waals surface area contributed by atoms with Gasteiger partial charge in [0.2, 0.25) is 0 Å². The number of piperidine rings is 1. The van der Waals surface area contributed by atoms with Gasteiger partial charge in [-0.2, -0.15) is 0 Å². The standard InChI is InChI=1S/C13H18N2O3/c16-15(17)13-6-2-1-4-11(13)7-9-18-12-5-3-8-14-10-12/h1-2,4,6,12,14H,3,5,7-10H2/t12-/m0/s1. The van der Waals surface area contributed by atoms with Gasteiger partial charge in [-0.25, -0.2) is 0 Å². The summed E-state index contributed by atoms with van der Waals surface area (Å²) in [6.45, 7) is 2.48. The summed E-state index contributed by atoms with van der Waals surface area (Å²) in [4.78, 5) is 10.5. The van der Waals surface area contributed by atoms with Crippen molar-refractivity contribution in [2.75, 3.05) is 19.7 Å². The SMILES string of the molecule is O=[N+]([O-])c1ccccc1CCO[C@H]1CCCNC1. The van der Waals surface area contributed by atoms with E-state index in [1.807, 2.05) is 6.07 Å².